The highest BCUT2D eigenvalue weighted by molar-refractivity contribution is 5.16. The van der Waals surface area contributed by atoms with E-state index in [9.17, 15) is 0 Å². The first-order valence-corrected chi connectivity index (χ1v) is 8.09. The summed E-state index contributed by atoms with van der Waals surface area (Å²) in [5, 5.41) is 0. The van der Waals surface area contributed by atoms with Crippen molar-refractivity contribution in [1.29, 1.82) is 0 Å². The quantitative estimate of drug-likeness (QED) is 0.536. The molecule has 2 atom stereocenters. The summed E-state index contributed by atoms with van der Waals surface area (Å²) in [5.41, 5.74) is 2.87. The molecule has 0 aromatic heterocycles. The molecule has 108 valence electrons. The van der Waals surface area contributed by atoms with Crippen LogP contribution in [0.15, 0.2) is 55.1 Å². The van der Waals surface area contributed by atoms with E-state index in [1.165, 1.54) is 49.7 Å². The maximum absolute atomic E-state index is 4.31. The zero-order valence-corrected chi connectivity index (χ0v) is 12.7. The van der Waals surface area contributed by atoms with Crippen molar-refractivity contribution in [3.63, 3.8) is 0 Å². The predicted octanol–water partition coefficient (Wildman–Crippen LogP) is 5.95. The molecule has 0 radical (unpaired) electrons. The van der Waals surface area contributed by atoms with Crippen molar-refractivity contribution < 1.29 is 0 Å². The highest BCUT2D eigenvalue weighted by atomic mass is 14.3. The van der Waals surface area contributed by atoms with Crippen LogP contribution in [0, 0.1) is 11.8 Å². The first-order valence-electron chi connectivity index (χ1n) is 8.09. The van der Waals surface area contributed by atoms with E-state index in [1.807, 2.05) is 0 Å². The van der Waals surface area contributed by atoms with Crippen LogP contribution in [0.5, 0.6) is 0 Å². The van der Waals surface area contributed by atoms with Crippen LogP contribution in [0.4, 0.5) is 0 Å². The average Bonchev–Trinajstić information content (AvgIpc) is 2.47. The second-order valence-corrected chi connectivity index (χ2v) is 6.36. The summed E-state index contributed by atoms with van der Waals surface area (Å²) in [4.78, 5) is 0. The molecule has 0 heteroatoms. The lowest BCUT2D eigenvalue weighted by atomic mass is 9.77. The summed E-state index contributed by atoms with van der Waals surface area (Å²) >= 11 is 0. The standard InChI is InChI=1S/C20H28/c1-3-8-19-11-7-12-20(16-19)15-17(2)13-14-18-9-5-4-6-10-18/h3-6,9-10,19-20H,1-2,7-8,11-16H2. The van der Waals surface area contributed by atoms with Gasteiger partial charge in [0.25, 0.3) is 0 Å². The SMILES string of the molecule is C=CCC1CCCC(CC(=C)CCc2ccccc2)C1. The Bertz CT molecular complexity index is 415. The van der Waals surface area contributed by atoms with Crippen LogP contribution in [-0.4, -0.2) is 0 Å². The van der Waals surface area contributed by atoms with Crippen LogP contribution < -0.4 is 0 Å². The molecule has 1 aliphatic rings. The Balaban J connectivity index is 1.72. The van der Waals surface area contributed by atoms with Gasteiger partial charge in [0.1, 0.15) is 0 Å². The van der Waals surface area contributed by atoms with Crippen LogP contribution in [-0.2, 0) is 6.42 Å². The Morgan fingerprint density at radius 2 is 1.90 bits per heavy atom. The van der Waals surface area contributed by atoms with E-state index in [2.05, 4.69) is 49.6 Å². The van der Waals surface area contributed by atoms with E-state index in [0.717, 1.165) is 24.7 Å². The minimum absolute atomic E-state index is 0.872. The van der Waals surface area contributed by atoms with Crippen LogP contribution in [0.2, 0.25) is 0 Å². The van der Waals surface area contributed by atoms with Gasteiger partial charge in [-0.1, -0.05) is 67.8 Å². The summed E-state index contributed by atoms with van der Waals surface area (Å²) in [6.07, 6.45) is 12.4. The minimum atomic E-state index is 0.872. The predicted molar refractivity (Wildman–Crippen MR) is 88.8 cm³/mol. The van der Waals surface area contributed by atoms with Gasteiger partial charge >= 0.3 is 0 Å². The maximum Gasteiger partial charge on any atom is -0.0242 e. The van der Waals surface area contributed by atoms with Crippen molar-refractivity contribution in [2.75, 3.05) is 0 Å². The molecule has 0 heterocycles. The van der Waals surface area contributed by atoms with Crippen molar-refractivity contribution >= 4 is 0 Å². The van der Waals surface area contributed by atoms with Crippen LogP contribution in [0.3, 0.4) is 0 Å². The number of rotatable bonds is 7. The van der Waals surface area contributed by atoms with E-state index in [-0.39, 0.29) is 0 Å². The van der Waals surface area contributed by atoms with Gasteiger partial charge in [-0.2, -0.15) is 0 Å². The fourth-order valence-electron chi connectivity index (χ4n) is 3.51. The Morgan fingerprint density at radius 1 is 1.15 bits per heavy atom. The van der Waals surface area contributed by atoms with E-state index in [0.29, 0.717) is 0 Å². The Morgan fingerprint density at radius 3 is 2.65 bits per heavy atom. The third kappa shape index (κ3) is 5.00. The summed E-state index contributed by atoms with van der Waals surface area (Å²) in [6, 6.07) is 10.8. The number of allylic oxidation sites excluding steroid dienone is 2. The Hall–Kier alpha value is -1.30. The lowest BCUT2D eigenvalue weighted by Crippen LogP contribution is -2.15. The highest BCUT2D eigenvalue weighted by Gasteiger charge is 2.21. The van der Waals surface area contributed by atoms with E-state index >= 15 is 0 Å². The molecule has 0 bridgehead atoms. The molecule has 20 heavy (non-hydrogen) atoms. The van der Waals surface area contributed by atoms with E-state index in [4.69, 9.17) is 0 Å². The minimum Gasteiger partial charge on any atom is -0.103 e. The molecule has 0 N–H and O–H groups in total. The molecule has 1 fully saturated rings. The molecule has 0 nitrogen and oxygen atoms in total. The molecule has 1 saturated carbocycles. The third-order valence-electron chi connectivity index (χ3n) is 4.58. The van der Waals surface area contributed by atoms with Crippen LogP contribution >= 0.6 is 0 Å². The number of hydrogen-bond acceptors (Lipinski definition) is 0. The average molecular weight is 268 g/mol. The normalized spacial score (nSPS) is 22.4. The van der Waals surface area contributed by atoms with Gasteiger partial charge in [0.2, 0.25) is 0 Å². The first-order chi connectivity index (χ1) is 9.78. The first kappa shape index (κ1) is 15.1. The second-order valence-electron chi connectivity index (χ2n) is 6.36. The third-order valence-corrected chi connectivity index (χ3v) is 4.58. The van der Waals surface area contributed by atoms with Gasteiger partial charge in [-0.05, 0) is 49.5 Å². The monoisotopic (exact) mass is 268 g/mol. The van der Waals surface area contributed by atoms with Gasteiger partial charge in [-0.3, -0.25) is 0 Å². The fraction of sp³-hybridized carbons (Fsp3) is 0.500. The summed E-state index contributed by atoms with van der Waals surface area (Å²) in [6.45, 7) is 8.20. The van der Waals surface area contributed by atoms with Crippen molar-refractivity contribution in [2.24, 2.45) is 11.8 Å². The zero-order chi connectivity index (χ0) is 14.2. The van der Waals surface area contributed by atoms with E-state index in [1.54, 1.807) is 0 Å². The number of aryl methyl sites for hydroxylation is 1. The lowest BCUT2D eigenvalue weighted by Gasteiger charge is -2.29. The van der Waals surface area contributed by atoms with Gasteiger partial charge in [0.15, 0.2) is 0 Å². The van der Waals surface area contributed by atoms with Crippen molar-refractivity contribution in [1.82, 2.24) is 0 Å². The smallest absolute Gasteiger partial charge is 0.0242 e. The van der Waals surface area contributed by atoms with Gasteiger partial charge in [0, 0.05) is 0 Å². The molecule has 2 rings (SSSR count). The fourth-order valence-corrected chi connectivity index (χ4v) is 3.51. The number of hydrogen-bond donors (Lipinski definition) is 0. The van der Waals surface area contributed by atoms with Gasteiger partial charge < -0.3 is 0 Å². The van der Waals surface area contributed by atoms with Crippen LogP contribution in [0.1, 0.15) is 50.5 Å². The highest BCUT2D eigenvalue weighted by Crippen LogP contribution is 2.35. The zero-order valence-electron chi connectivity index (χ0n) is 12.7. The van der Waals surface area contributed by atoms with Crippen LogP contribution in [0.25, 0.3) is 0 Å². The molecule has 0 spiro atoms. The second kappa shape index (κ2) is 8.09. The summed E-state index contributed by atoms with van der Waals surface area (Å²) in [7, 11) is 0. The Kier molecular flexibility index (Phi) is 6.11. The van der Waals surface area contributed by atoms with Gasteiger partial charge in [0.05, 0.1) is 0 Å². The Labute approximate surface area is 124 Å². The number of benzene rings is 1. The topological polar surface area (TPSA) is 0 Å². The molecule has 1 aromatic rings. The van der Waals surface area contributed by atoms with Crippen molar-refractivity contribution in [2.45, 2.75) is 51.4 Å². The lowest BCUT2D eigenvalue weighted by molar-refractivity contribution is 0.265. The molecular formula is C20H28. The van der Waals surface area contributed by atoms with E-state index < -0.39 is 0 Å². The molecular weight excluding hydrogens is 240 g/mol. The van der Waals surface area contributed by atoms with Crippen molar-refractivity contribution in [3.05, 3.63) is 60.7 Å². The molecule has 0 amide bonds. The maximum atomic E-state index is 4.31. The van der Waals surface area contributed by atoms with Gasteiger partial charge in [-0.25, -0.2) is 0 Å². The molecule has 1 aromatic carbocycles. The summed E-state index contributed by atoms with van der Waals surface area (Å²) < 4.78 is 0. The molecule has 2 unspecified atom stereocenters. The molecule has 0 saturated heterocycles. The van der Waals surface area contributed by atoms with Crippen molar-refractivity contribution in [3.8, 4) is 0 Å². The van der Waals surface area contributed by atoms with Gasteiger partial charge in [-0.15, -0.1) is 6.58 Å². The summed E-state index contributed by atoms with van der Waals surface area (Å²) in [5.74, 6) is 1.75. The molecule has 1 aliphatic carbocycles. The largest absolute Gasteiger partial charge is 0.103 e. The molecule has 0 aliphatic heterocycles.